The molecule has 2 rings (SSSR count). The minimum Gasteiger partial charge on any atom is -0.247 e. The Hall–Kier alpha value is -0.240. The molecule has 0 amide bonds. The van der Waals surface area contributed by atoms with Crippen LogP contribution in [-0.2, 0) is 12.8 Å². The van der Waals surface area contributed by atoms with Crippen molar-refractivity contribution in [2.24, 2.45) is 0 Å². The molecule has 0 aliphatic carbocycles. The molecule has 0 radical (unpaired) electrons. The molecule has 18 heavy (non-hydrogen) atoms. The van der Waals surface area contributed by atoms with E-state index in [0.29, 0.717) is 0 Å². The summed E-state index contributed by atoms with van der Waals surface area (Å²) in [6.45, 7) is 4.24. The Morgan fingerprint density at radius 1 is 0.778 bits per heavy atom. The second-order valence-electron chi connectivity index (χ2n) is 4.30. The standard InChI is InChI=1S/C14H14I2N2/c1-9-3-7-13(15)17-11(9)5-6-12-10(2)4-8-14(16)18-12/h3-4,7-8H,5-6H2,1-2H3. The molecule has 0 saturated heterocycles. The van der Waals surface area contributed by atoms with E-state index in [1.54, 1.807) is 0 Å². The summed E-state index contributed by atoms with van der Waals surface area (Å²) in [7, 11) is 0. The van der Waals surface area contributed by atoms with Gasteiger partial charge >= 0.3 is 0 Å². The lowest BCUT2D eigenvalue weighted by atomic mass is 10.1. The summed E-state index contributed by atoms with van der Waals surface area (Å²) in [5.74, 6) is 0. The maximum atomic E-state index is 4.60. The van der Waals surface area contributed by atoms with Crippen LogP contribution in [0.2, 0.25) is 0 Å². The third-order valence-corrected chi connectivity index (χ3v) is 4.14. The lowest BCUT2D eigenvalue weighted by Crippen LogP contribution is -2.02. The molecule has 2 aromatic rings. The third-order valence-electron chi connectivity index (χ3n) is 2.93. The van der Waals surface area contributed by atoms with Gasteiger partial charge in [0.15, 0.2) is 0 Å². The number of rotatable bonds is 3. The predicted molar refractivity (Wildman–Crippen MR) is 90.8 cm³/mol. The number of aryl methyl sites for hydroxylation is 4. The van der Waals surface area contributed by atoms with E-state index in [9.17, 15) is 0 Å². The van der Waals surface area contributed by atoms with Crippen LogP contribution in [0.4, 0.5) is 0 Å². The monoisotopic (exact) mass is 464 g/mol. The van der Waals surface area contributed by atoms with Crippen molar-refractivity contribution in [2.75, 3.05) is 0 Å². The average Bonchev–Trinajstić information content (AvgIpc) is 2.34. The Labute approximate surface area is 135 Å². The lowest BCUT2D eigenvalue weighted by molar-refractivity contribution is 0.852. The van der Waals surface area contributed by atoms with Crippen molar-refractivity contribution in [1.82, 2.24) is 9.97 Å². The molecule has 0 aliphatic heterocycles. The summed E-state index contributed by atoms with van der Waals surface area (Å²) in [6.07, 6.45) is 1.91. The van der Waals surface area contributed by atoms with Gasteiger partial charge in [0.2, 0.25) is 0 Å². The minimum absolute atomic E-state index is 0.955. The number of hydrogen-bond donors (Lipinski definition) is 0. The molecular weight excluding hydrogens is 450 g/mol. The molecule has 0 atom stereocenters. The van der Waals surface area contributed by atoms with E-state index in [0.717, 1.165) is 20.2 Å². The normalized spacial score (nSPS) is 10.7. The van der Waals surface area contributed by atoms with Crippen molar-refractivity contribution in [1.29, 1.82) is 0 Å². The maximum absolute atomic E-state index is 4.60. The Morgan fingerprint density at radius 3 is 1.56 bits per heavy atom. The van der Waals surface area contributed by atoms with Gasteiger partial charge in [-0.25, -0.2) is 9.97 Å². The zero-order valence-electron chi connectivity index (χ0n) is 10.4. The molecule has 0 aliphatic rings. The fourth-order valence-electron chi connectivity index (χ4n) is 1.83. The van der Waals surface area contributed by atoms with Crippen LogP contribution in [-0.4, -0.2) is 9.97 Å². The van der Waals surface area contributed by atoms with Gasteiger partial charge in [0.05, 0.1) is 0 Å². The van der Waals surface area contributed by atoms with Gasteiger partial charge in [-0.05, 0) is 95.1 Å². The zero-order chi connectivity index (χ0) is 13.1. The maximum Gasteiger partial charge on any atom is 0.101 e. The fourth-order valence-corrected chi connectivity index (χ4v) is 2.77. The number of halogens is 2. The molecule has 2 nitrogen and oxygen atoms in total. The van der Waals surface area contributed by atoms with Gasteiger partial charge in [-0.1, -0.05) is 12.1 Å². The Balaban J connectivity index is 2.16. The molecule has 2 heterocycles. The van der Waals surface area contributed by atoms with Gasteiger partial charge in [-0.2, -0.15) is 0 Å². The van der Waals surface area contributed by atoms with Gasteiger partial charge < -0.3 is 0 Å². The van der Waals surface area contributed by atoms with Gasteiger partial charge in [0, 0.05) is 11.4 Å². The fraction of sp³-hybridized carbons (Fsp3) is 0.286. The molecule has 0 bridgehead atoms. The van der Waals surface area contributed by atoms with Gasteiger partial charge in [0.25, 0.3) is 0 Å². The first-order valence-corrected chi connectivity index (χ1v) is 7.96. The van der Waals surface area contributed by atoms with Crippen LogP contribution in [0, 0.1) is 21.2 Å². The number of hydrogen-bond acceptors (Lipinski definition) is 2. The predicted octanol–water partition coefficient (Wildman–Crippen LogP) is 4.09. The number of pyridine rings is 2. The molecule has 94 valence electrons. The quantitative estimate of drug-likeness (QED) is 0.506. The number of nitrogens with zero attached hydrogens (tertiary/aromatic N) is 2. The third kappa shape index (κ3) is 3.63. The van der Waals surface area contributed by atoms with Gasteiger partial charge in [0.1, 0.15) is 7.40 Å². The zero-order valence-corrected chi connectivity index (χ0v) is 14.7. The van der Waals surface area contributed by atoms with E-state index in [2.05, 4.69) is 81.1 Å². The molecule has 0 aromatic carbocycles. The summed E-state index contributed by atoms with van der Waals surface area (Å²) >= 11 is 4.52. The molecule has 0 unspecified atom stereocenters. The Bertz CT molecular complexity index is 516. The minimum atomic E-state index is 0.955. The van der Waals surface area contributed by atoms with E-state index in [1.165, 1.54) is 22.5 Å². The molecule has 4 heteroatoms. The van der Waals surface area contributed by atoms with E-state index in [-0.39, 0.29) is 0 Å². The molecule has 0 N–H and O–H groups in total. The first kappa shape index (κ1) is 14.2. The number of aromatic nitrogens is 2. The van der Waals surface area contributed by atoms with E-state index < -0.39 is 0 Å². The van der Waals surface area contributed by atoms with Crippen LogP contribution in [0.5, 0.6) is 0 Å². The Kier molecular flexibility index (Phi) is 4.94. The summed E-state index contributed by atoms with van der Waals surface area (Å²) in [6, 6.07) is 8.38. The van der Waals surface area contributed by atoms with Crippen molar-refractivity contribution in [3.8, 4) is 0 Å². The molecular formula is C14H14I2N2. The van der Waals surface area contributed by atoms with Crippen LogP contribution < -0.4 is 0 Å². The van der Waals surface area contributed by atoms with Crippen molar-refractivity contribution in [3.63, 3.8) is 0 Å². The largest absolute Gasteiger partial charge is 0.247 e. The topological polar surface area (TPSA) is 25.8 Å². The molecule has 0 fully saturated rings. The highest BCUT2D eigenvalue weighted by Gasteiger charge is 2.05. The summed E-state index contributed by atoms with van der Waals surface area (Å²) in [4.78, 5) is 9.19. The first-order chi connectivity index (χ1) is 8.56. The summed E-state index contributed by atoms with van der Waals surface area (Å²) < 4.78 is 2.11. The van der Waals surface area contributed by atoms with Crippen LogP contribution in [0.25, 0.3) is 0 Å². The van der Waals surface area contributed by atoms with E-state index in [4.69, 9.17) is 0 Å². The molecule has 0 spiro atoms. The van der Waals surface area contributed by atoms with Crippen molar-refractivity contribution < 1.29 is 0 Å². The highest BCUT2D eigenvalue weighted by Crippen LogP contribution is 2.14. The first-order valence-electron chi connectivity index (χ1n) is 5.80. The molecule has 2 aromatic heterocycles. The molecule has 0 saturated carbocycles. The Morgan fingerprint density at radius 2 is 1.17 bits per heavy atom. The van der Waals surface area contributed by atoms with Crippen LogP contribution in [0.1, 0.15) is 22.5 Å². The van der Waals surface area contributed by atoms with Crippen molar-refractivity contribution >= 4 is 45.2 Å². The second kappa shape index (κ2) is 6.27. The van der Waals surface area contributed by atoms with E-state index >= 15 is 0 Å². The lowest BCUT2D eigenvalue weighted by Gasteiger charge is -2.07. The summed E-state index contributed by atoms with van der Waals surface area (Å²) in [5, 5.41) is 0. The highest BCUT2D eigenvalue weighted by molar-refractivity contribution is 14.1. The van der Waals surface area contributed by atoms with Crippen LogP contribution in [0.15, 0.2) is 24.3 Å². The van der Waals surface area contributed by atoms with Gasteiger partial charge in [-0.3, -0.25) is 0 Å². The van der Waals surface area contributed by atoms with Crippen LogP contribution in [0.3, 0.4) is 0 Å². The van der Waals surface area contributed by atoms with Crippen molar-refractivity contribution in [2.45, 2.75) is 26.7 Å². The SMILES string of the molecule is Cc1ccc(I)nc1CCc1nc(I)ccc1C. The smallest absolute Gasteiger partial charge is 0.101 e. The average molecular weight is 464 g/mol. The van der Waals surface area contributed by atoms with Gasteiger partial charge in [-0.15, -0.1) is 0 Å². The van der Waals surface area contributed by atoms with Crippen molar-refractivity contribution in [3.05, 3.63) is 54.2 Å². The highest BCUT2D eigenvalue weighted by atomic mass is 127. The second-order valence-corrected chi connectivity index (χ2v) is 6.51. The van der Waals surface area contributed by atoms with E-state index in [1.807, 2.05) is 12.1 Å². The van der Waals surface area contributed by atoms with Crippen LogP contribution >= 0.6 is 45.2 Å². The summed E-state index contributed by atoms with van der Waals surface area (Å²) in [5.41, 5.74) is 4.89.